The Kier molecular flexibility index (Phi) is 3.23. The molecule has 0 saturated heterocycles. The van der Waals surface area contributed by atoms with E-state index in [-0.39, 0.29) is 10.6 Å². The Balaban J connectivity index is 2.36. The number of benzene rings is 1. The van der Waals surface area contributed by atoms with Crippen LogP contribution in [0.5, 0.6) is 0 Å². The van der Waals surface area contributed by atoms with E-state index in [0.29, 0.717) is 10.9 Å². The van der Waals surface area contributed by atoms with Crippen molar-refractivity contribution in [3.05, 3.63) is 41.9 Å². The molecule has 2 aromatic rings. The molecule has 1 aromatic heterocycles. The number of nitrogens with two attached hydrogens (primary N) is 1. The molecular formula is C11H9F2N3S. The van der Waals surface area contributed by atoms with E-state index in [2.05, 4.69) is 9.97 Å². The standard InChI is InChI=1S/C11H9F2N3S/c1-6-15-3-2-10(16-6)17-11-8(12)4-7(14)5-9(11)13/h2-5H,14H2,1H3. The third-order valence-electron chi connectivity index (χ3n) is 1.98. The van der Waals surface area contributed by atoms with E-state index >= 15 is 0 Å². The molecule has 0 unspecified atom stereocenters. The average molecular weight is 253 g/mol. The maximum absolute atomic E-state index is 13.5. The van der Waals surface area contributed by atoms with Crippen LogP contribution in [0, 0.1) is 18.6 Å². The predicted octanol–water partition coefficient (Wildman–Crippen LogP) is 2.80. The van der Waals surface area contributed by atoms with Gasteiger partial charge in [-0.1, -0.05) is 11.8 Å². The number of nitrogen functional groups attached to an aromatic ring is 1. The quantitative estimate of drug-likeness (QED) is 0.660. The first kappa shape index (κ1) is 11.8. The highest BCUT2D eigenvalue weighted by molar-refractivity contribution is 7.99. The van der Waals surface area contributed by atoms with Crippen molar-refractivity contribution < 1.29 is 8.78 Å². The van der Waals surface area contributed by atoms with Crippen molar-refractivity contribution >= 4 is 17.4 Å². The molecule has 2 rings (SSSR count). The van der Waals surface area contributed by atoms with Gasteiger partial charge in [0, 0.05) is 11.9 Å². The second-order valence-corrected chi connectivity index (χ2v) is 4.39. The smallest absolute Gasteiger partial charge is 0.142 e. The number of aryl methyl sites for hydroxylation is 1. The molecule has 0 spiro atoms. The Morgan fingerprint density at radius 2 is 1.88 bits per heavy atom. The van der Waals surface area contributed by atoms with E-state index in [0.717, 1.165) is 23.9 Å². The Labute approximate surface area is 101 Å². The van der Waals surface area contributed by atoms with Gasteiger partial charge in [0.15, 0.2) is 0 Å². The van der Waals surface area contributed by atoms with Crippen LogP contribution in [0.1, 0.15) is 5.82 Å². The summed E-state index contributed by atoms with van der Waals surface area (Å²) in [6, 6.07) is 3.76. The van der Waals surface area contributed by atoms with Gasteiger partial charge < -0.3 is 5.73 Å². The summed E-state index contributed by atoms with van der Waals surface area (Å²) < 4.78 is 27.0. The number of nitrogens with zero attached hydrogens (tertiary/aromatic N) is 2. The molecule has 0 radical (unpaired) electrons. The SMILES string of the molecule is Cc1nccc(Sc2c(F)cc(N)cc2F)n1. The topological polar surface area (TPSA) is 51.8 Å². The first-order chi connectivity index (χ1) is 8.06. The zero-order valence-electron chi connectivity index (χ0n) is 8.95. The molecule has 0 fully saturated rings. The first-order valence-electron chi connectivity index (χ1n) is 4.78. The summed E-state index contributed by atoms with van der Waals surface area (Å²) in [5.74, 6) is -0.834. The first-order valence-corrected chi connectivity index (χ1v) is 5.60. The van der Waals surface area contributed by atoms with Gasteiger partial charge >= 0.3 is 0 Å². The van der Waals surface area contributed by atoms with Crippen molar-refractivity contribution in [3.8, 4) is 0 Å². The Hall–Kier alpha value is -1.69. The van der Waals surface area contributed by atoms with Gasteiger partial charge in [0.2, 0.25) is 0 Å². The molecule has 0 aliphatic rings. The number of rotatable bonds is 2. The zero-order chi connectivity index (χ0) is 12.4. The molecule has 0 atom stereocenters. The van der Waals surface area contributed by atoms with Crippen LogP contribution in [0.2, 0.25) is 0 Å². The molecule has 3 nitrogen and oxygen atoms in total. The molecule has 1 heterocycles. The highest BCUT2D eigenvalue weighted by atomic mass is 32.2. The summed E-state index contributed by atoms with van der Waals surface area (Å²) in [5.41, 5.74) is 5.39. The lowest BCUT2D eigenvalue weighted by Gasteiger charge is -2.05. The maximum Gasteiger partial charge on any atom is 0.142 e. The lowest BCUT2D eigenvalue weighted by Crippen LogP contribution is -1.94. The Morgan fingerprint density at radius 3 is 2.47 bits per heavy atom. The molecule has 88 valence electrons. The van der Waals surface area contributed by atoms with E-state index in [1.165, 1.54) is 6.20 Å². The summed E-state index contributed by atoms with van der Waals surface area (Å²) in [4.78, 5) is 7.86. The van der Waals surface area contributed by atoms with Crippen LogP contribution in [0.4, 0.5) is 14.5 Å². The molecule has 0 aliphatic heterocycles. The van der Waals surface area contributed by atoms with Crippen molar-refractivity contribution in [2.75, 3.05) is 5.73 Å². The minimum Gasteiger partial charge on any atom is -0.399 e. The van der Waals surface area contributed by atoms with Gasteiger partial charge in [0.25, 0.3) is 0 Å². The van der Waals surface area contributed by atoms with Gasteiger partial charge in [-0.3, -0.25) is 0 Å². The van der Waals surface area contributed by atoms with Crippen LogP contribution >= 0.6 is 11.8 Å². The Morgan fingerprint density at radius 1 is 1.24 bits per heavy atom. The molecule has 6 heteroatoms. The summed E-state index contributed by atoms with van der Waals surface area (Å²) in [5, 5.41) is 0.486. The highest BCUT2D eigenvalue weighted by Crippen LogP contribution is 2.31. The fraction of sp³-hybridized carbons (Fsp3) is 0.0909. The van der Waals surface area contributed by atoms with Crippen LogP contribution in [0.25, 0.3) is 0 Å². The maximum atomic E-state index is 13.5. The van der Waals surface area contributed by atoms with Crippen molar-refractivity contribution in [2.45, 2.75) is 16.8 Å². The molecule has 0 bridgehead atoms. The number of hydrogen-bond acceptors (Lipinski definition) is 4. The van der Waals surface area contributed by atoms with Crippen LogP contribution in [0.15, 0.2) is 34.3 Å². The summed E-state index contributed by atoms with van der Waals surface area (Å²) in [6.07, 6.45) is 1.54. The normalized spacial score (nSPS) is 10.5. The highest BCUT2D eigenvalue weighted by Gasteiger charge is 2.12. The van der Waals surface area contributed by atoms with Gasteiger partial charge in [0.05, 0.1) is 4.90 Å². The number of anilines is 1. The van der Waals surface area contributed by atoms with Gasteiger partial charge in [-0.25, -0.2) is 18.7 Å². The van der Waals surface area contributed by atoms with Gasteiger partial charge in [0.1, 0.15) is 22.5 Å². The monoisotopic (exact) mass is 253 g/mol. The largest absolute Gasteiger partial charge is 0.399 e. The number of aromatic nitrogens is 2. The zero-order valence-corrected chi connectivity index (χ0v) is 9.76. The molecule has 2 N–H and O–H groups in total. The fourth-order valence-corrected chi connectivity index (χ4v) is 2.10. The summed E-state index contributed by atoms with van der Waals surface area (Å²) >= 11 is 0.907. The molecule has 17 heavy (non-hydrogen) atoms. The third-order valence-corrected chi connectivity index (χ3v) is 3.01. The summed E-state index contributed by atoms with van der Waals surface area (Å²) in [6.45, 7) is 1.71. The van der Waals surface area contributed by atoms with E-state index in [4.69, 9.17) is 5.73 Å². The van der Waals surface area contributed by atoms with Crippen molar-refractivity contribution in [1.29, 1.82) is 0 Å². The minimum atomic E-state index is -0.691. The van der Waals surface area contributed by atoms with Crippen molar-refractivity contribution in [3.63, 3.8) is 0 Å². The fourth-order valence-electron chi connectivity index (χ4n) is 1.27. The lowest BCUT2D eigenvalue weighted by atomic mass is 10.3. The van der Waals surface area contributed by atoms with Crippen LogP contribution in [0.3, 0.4) is 0 Å². The predicted molar refractivity (Wildman–Crippen MR) is 61.7 cm³/mol. The van der Waals surface area contributed by atoms with E-state index < -0.39 is 11.6 Å². The second-order valence-electron chi connectivity index (χ2n) is 3.36. The van der Waals surface area contributed by atoms with E-state index in [1.54, 1.807) is 13.0 Å². The minimum absolute atomic E-state index is 0.0585. The summed E-state index contributed by atoms with van der Waals surface area (Å²) in [7, 11) is 0. The molecular weight excluding hydrogens is 244 g/mol. The molecule has 0 amide bonds. The van der Waals surface area contributed by atoms with E-state index in [1.807, 2.05) is 0 Å². The molecule has 0 saturated carbocycles. The van der Waals surface area contributed by atoms with Crippen LogP contribution in [-0.2, 0) is 0 Å². The van der Waals surface area contributed by atoms with Crippen molar-refractivity contribution in [1.82, 2.24) is 9.97 Å². The molecule has 0 aliphatic carbocycles. The second kappa shape index (κ2) is 4.67. The lowest BCUT2D eigenvalue weighted by molar-refractivity contribution is 0.541. The van der Waals surface area contributed by atoms with Crippen molar-refractivity contribution in [2.24, 2.45) is 0 Å². The van der Waals surface area contributed by atoms with Crippen LogP contribution in [-0.4, -0.2) is 9.97 Å². The Bertz CT molecular complexity index is 537. The van der Waals surface area contributed by atoms with E-state index in [9.17, 15) is 8.78 Å². The van der Waals surface area contributed by atoms with Gasteiger partial charge in [-0.15, -0.1) is 0 Å². The number of hydrogen-bond donors (Lipinski definition) is 1. The van der Waals surface area contributed by atoms with Gasteiger partial charge in [-0.05, 0) is 25.1 Å². The van der Waals surface area contributed by atoms with Crippen LogP contribution < -0.4 is 5.73 Å². The third kappa shape index (κ3) is 2.71. The number of halogens is 2. The van der Waals surface area contributed by atoms with Gasteiger partial charge in [-0.2, -0.15) is 0 Å². The average Bonchev–Trinajstić information content (AvgIpc) is 2.23. The molecule has 1 aromatic carbocycles.